The third-order valence-electron chi connectivity index (χ3n) is 2.00. The summed E-state index contributed by atoms with van der Waals surface area (Å²) in [7, 11) is 1.53. The highest BCUT2D eigenvalue weighted by atomic mass is 16.5. The molecule has 1 N–H and O–H groups in total. The fraction of sp³-hybridized carbons (Fsp3) is 0.200. The van der Waals surface area contributed by atoms with Crippen LogP contribution in [0.15, 0.2) is 18.2 Å². The van der Waals surface area contributed by atoms with E-state index >= 15 is 0 Å². The largest absolute Gasteiger partial charge is 0.506 e. The Morgan fingerprint density at radius 2 is 2.00 bits per heavy atom. The number of rotatable bonds is 1. The van der Waals surface area contributed by atoms with E-state index in [2.05, 4.69) is 10.2 Å². The van der Waals surface area contributed by atoms with Gasteiger partial charge in [0.15, 0.2) is 0 Å². The van der Waals surface area contributed by atoms with Crippen LogP contribution >= 0.6 is 0 Å². The lowest BCUT2D eigenvalue weighted by atomic mass is 10.1. The third kappa shape index (κ3) is 1.35. The molecule has 0 spiro atoms. The third-order valence-corrected chi connectivity index (χ3v) is 2.00. The lowest BCUT2D eigenvalue weighted by molar-refractivity contribution is 0.393. The van der Waals surface area contributed by atoms with Crippen molar-refractivity contribution in [2.45, 2.75) is 6.92 Å². The average Bonchev–Trinajstić information content (AvgIpc) is 2.16. The summed E-state index contributed by atoms with van der Waals surface area (Å²) >= 11 is 0. The molecule has 1 heterocycles. The van der Waals surface area contributed by atoms with Gasteiger partial charge >= 0.3 is 0 Å². The fourth-order valence-electron chi connectivity index (χ4n) is 1.37. The molecule has 2 rings (SSSR count). The Morgan fingerprint density at radius 3 is 2.71 bits per heavy atom. The quantitative estimate of drug-likeness (QED) is 0.742. The van der Waals surface area contributed by atoms with Crippen molar-refractivity contribution in [3.8, 4) is 11.6 Å². The van der Waals surface area contributed by atoms with Crippen LogP contribution in [0.25, 0.3) is 10.9 Å². The molecule has 1 aromatic heterocycles. The molecule has 2 aromatic rings. The van der Waals surface area contributed by atoms with E-state index in [-0.39, 0.29) is 5.75 Å². The van der Waals surface area contributed by atoms with E-state index in [4.69, 9.17) is 4.74 Å². The van der Waals surface area contributed by atoms with Gasteiger partial charge in [-0.05, 0) is 24.6 Å². The molecule has 1 aromatic carbocycles. The minimum Gasteiger partial charge on any atom is -0.506 e. The number of fused-ring (bicyclic) bond motifs is 1. The zero-order valence-electron chi connectivity index (χ0n) is 7.98. The summed E-state index contributed by atoms with van der Waals surface area (Å²) in [5, 5.41) is 18.1. The predicted molar refractivity (Wildman–Crippen MR) is 52.5 cm³/mol. The summed E-state index contributed by atoms with van der Waals surface area (Å²) in [6.07, 6.45) is 0. The molecule has 0 atom stereocenters. The number of phenolic OH excluding ortho intramolecular Hbond substituents is 1. The van der Waals surface area contributed by atoms with Gasteiger partial charge in [-0.3, -0.25) is 0 Å². The molecule has 4 heteroatoms. The van der Waals surface area contributed by atoms with Crippen LogP contribution in [-0.2, 0) is 0 Å². The predicted octanol–water partition coefficient (Wildman–Crippen LogP) is 1.65. The first kappa shape index (κ1) is 8.74. The molecular formula is C10H10N2O2. The summed E-state index contributed by atoms with van der Waals surface area (Å²) in [6.45, 7) is 1.91. The number of aromatic hydroxyl groups is 1. The Labute approximate surface area is 81.2 Å². The van der Waals surface area contributed by atoms with Gasteiger partial charge in [0.05, 0.1) is 7.11 Å². The van der Waals surface area contributed by atoms with Crippen LogP contribution in [0.4, 0.5) is 0 Å². The number of hydrogen-bond donors (Lipinski definition) is 1. The minimum absolute atomic E-state index is 0.148. The van der Waals surface area contributed by atoms with Crippen molar-refractivity contribution in [1.29, 1.82) is 0 Å². The highest BCUT2D eigenvalue weighted by molar-refractivity contribution is 5.85. The van der Waals surface area contributed by atoms with Crippen molar-refractivity contribution in [3.63, 3.8) is 0 Å². The van der Waals surface area contributed by atoms with Gasteiger partial charge < -0.3 is 9.84 Å². The number of phenols is 1. The van der Waals surface area contributed by atoms with Crippen LogP contribution in [0.2, 0.25) is 0 Å². The van der Waals surface area contributed by atoms with Crippen LogP contribution in [-0.4, -0.2) is 22.4 Å². The van der Waals surface area contributed by atoms with E-state index < -0.39 is 0 Å². The van der Waals surface area contributed by atoms with E-state index in [1.54, 1.807) is 12.1 Å². The number of ether oxygens (including phenoxy) is 1. The molecule has 14 heavy (non-hydrogen) atoms. The molecule has 0 fully saturated rings. The van der Waals surface area contributed by atoms with Crippen molar-refractivity contribution in [1.82, 2.24) is 10.2 Å². The summed E-state index contributed by atoms with van der Waals surface area (Å²) < 4.78 is 4.95. The van der Waals surface area contributed by atoms with Crippen molar-refractivity contribution >= 4 is 10.9 Å². The number of aromatic nitrogens is 2. The first-order valence-corrected chi connectivity index (χ1v) is 4.22. The average molecular weight is 190 g/mol. The second kappa shape index (κ2) is 3.14. The first-order valence-electron chi connectivity index (χ1n) is 4.22. The molecule has 0 bridgehead atoms. The van der Waals surface area contributed by atoms with E-state index in [0.717, 1.165) is 10.9 Å². The second-order valence-electron chi connectivity index (χ2n) is 3.11. The van der Waals surface area contributed by atoms with Crippen molar-refractivity contribution < 1.29 is 9.84 Å². The summed E-state index contributed by atoms with van der Waals surface area (Å²) in [5.41, 5.74) is 1.47. The Kier molecular flexibility index (Phi) is 1.96. The highest BCUT2D eigenvalue weighted by Crippen LogP contribution is 2.25. The van der Waals surface area contributed by atoms with Gasteiger partial charge in [0.1, 0.15) is 11.3 Å². The lowest BCUT2D eigenvalue weighted by Crippen LogP contribution is -1.91. The summed E-state index contributed by atoms with van der Waals surface area (Å²) in [6, 6.07) is 5.32. The number of methoxy groups -OCH3 is 1. The Hall–Kier alpha value is -1.84. The minimum atomic E-state index is 0.148. The van der Waals surface area contributed by atoms with Gasteiger partial charge in [0.25, 0.3) is 0 Å². The Balaban J connectivity index is 2.75. The van der Waals surface area contributed by atoms with E-state index in [1.165, 1.54) is 7.11 Å². The van der Waals surface area contributed by atoms with Gasteiger partial charge in [-0.2, -0.15) is 0 Å². The van der Waals surface area contributed by atoms with Crippen LogP contribution < -0.4 is 4.74 Å². The van der Waals surface area contributed by atoms with Crippen molar-refractivity contribution in [2.24, 2.45) is 0 Å². The molecule has 4 nitrogen and oxygen atoms in total. The van der Waals surface area contributed by atoms with Gasteiger partial charge in [0.2, 0.25) is 5.88 Å². The number of hydrogen-bond acceptors (Lipinski definition) is 4. The monoisotopic (exact) mass is 190 g/mol. The number of benzene rings is 1. The highest BCUT2D eigenvalue weighted by Gasteiger charge is 2.04. The topological polar surface area (TPSA) is 55.2 Å². The second-order valence-corrected chi connectivity index (χ2v) is 3.11. The summed E-state index contributed by atoms with van der Waals surface area (Å²) in [4.78, 5) is 0. The van der Waals surface area contributed by atoms with E-state index in [9.17, 15) is 5.11 Å². The van der Waals surface area contributed by atoms with Crippen molar-refractivity contribution in [3.05, 3.63) is 23.8 Å². The summed E-state index contributed by atoms with van der Waals surface area (Å²) in [5.74, 6) is 0.595. The molecule has 0 aliphatic heterocycles. The number of aryl methyl sites for hydroxylation is 1. The SMILES string of the molecule is COc1cc2cc(C)cc(O)c2nn1. The molecule has 0 aliphatic carbocycles. The molecule has 72 valence electrons. The Morgan fingerprint density at radius 1 is 1.21 bits per heavy atom. The first-order chi connectivity index (χ1) is 6.70. The molecule has 0 saturated heterocycles. The van der Waals surface area contributed by atoms with E-state index in [0.29, 0.717) is 11.4 Å². The maximum atomic E-state index is 9.57. The molecule has 0 radical (unpaired) electrons. The van der Waals surface area contributed by atoms with Crippen LogP contribution in [0.3, 0.4) is 0 Å². The van der Waals surface area contributed by atoms with Crippen LogP contribution in [0.5, 0.6) is 11.6 Å². The molecule has 0 aliphatic rings. The maximum absolute atomic E-state index is 9.57. The smallest absolute Gasteiger partial charge is 0.233 e. The molecular weight excluding hydrogens is 180 g/mol. The zero-order chi connectivity index (χ0) is 10.1. The standard InChI is InChI=1S/C10H10N2O2/c1-6-3-7-5-9(14-2)11-12-10(7)8(13)4-6/h3-5,13H,1-2H3. The zero-order valence-corrected chi connectivity index (χ0v) is 7.98. The van der Waals surface area contributed by atoms with Gasteiger partial charge in [-0.15, -0.1) is 10.2 Å². The Bertz CT molecular complexity index is 483. The van der Waals surface area contributed by atoms with Gasteiger partial charge in [0, 0.05) is 11.5 Å². The fourth-order valence-corrected chi connectivity index (χ4v) is 1.37. The lowest BCUT2D eigenvalue weighted by Gasteiger charge is -2.03. The van der Waals surface area contributed by atoms with E-state index in [1.807, 2.05) is 13.0 Å². The number of nitrogens with zero attached hydrogens (tertiary/aromatic N) is 2. The molecule has 0 saturated carbocycles. The van der Waals surface area contributed by atoms with Crippen LogP contribution in [0, 0.1) is 6.92 Å². The van der Waals surface area contributed by atoms with Crippen molar-refractivity contribution in [2.75, 3.05) is 7.11 Å². The normalized spacial score (nSPS) is 10.4. The molecule has 0 unspecified atom stereocenters. The molecule has 0 amide bonds. The van der Waals surface area contributed by atoms with Crippen LogP contribution in [0.1, 0.15) is 5.56 Å². The van der Waals surface area contributed by atoms with Gasteiger partial charge in [-0.1, -0.05) is 0 Å². The van der Waals surface area contributed by atoms with Gasteiger partial charge in [-0.25, -0.2) is 0 Å². The maximum Gasteiger partial charge on any atom is 0.233 e.